The van der Waals surface area contributed by atoms with Gasteiger partial charge in [-0.3, -0.25) is 9.59 Å². The van der Waals surface area contributed by atoms with Gasteiger partial charge in [-0.15, -0.1) is 0 Å². The molecular formula is C31H29BrN6O3. The fourth-order valence-corrected chi connectivity index (χ4v) is 5.61. The summed E-state index contributed by atoms with van der Waals surface area (Å²) in [6.45, 7) is 2.17. The second kappa shape index (κ2) is 11.3. The van der Waals surface area contributed by atoms with Crippen LogP contribution in [0.1, 0.15) is 23.2 Å². The number of fused-ring (bicyclic) bond motifs is 1. The van der Waals surface area contributed by atoms with E-state index in [1.807, 2.05) is 77.1 Å². The number of carbonyl (C=O) groups excluding carboxylic acids is 1. The van der Waals surface area contributed by atoms with Gasteiger partial charge in [0.2, 0.25) is 5.43 Å². The van der Waals surface area contributed by atoms with Crippen LogP contribution in [0, 0.1) is 5.92 Å². The first kappa shape index (κ1) is 26.9. The molecular weight excluding hydrogens is 584 g/mol. The largest absolute Gasteiger partial charge is 0.383 e. The summed E-state index contributed by atoms with van der Waals surface area (Å²) in [5, 5.41) is 3.70. The molecule has 0 radical (unpaired) electrons. The van der Waals surface area contributed by atoms with E-state index in [9.17, 15) is 9.59 Å². The van der Waals surface area contributed by atoms with Crippen LogP contribution < -0.4 is 16.5 Å². The first-order chi connectivity index (χ1) is 19.9. The Morgan fingerprint density at radius 2 is 1.68 bits per heavy atom. The van der Waals surface area contributed by atoms with Crippen molar-refractivity contribution in [3.63, 3.8) is 0 Å². The summed E-state index contributed by atoms with van der Waals surface area (Å²) >= 11 is 3.45. The molecule has 1 aliphatic heterocycles. The van der Waals surface area contributed by atoms with Crippen molar-refractivity contribution >= 4 is 44.4 Å². The summed E-state index contributed by atoms with van der Waals surface area (Å²) in [6, 6.07) is 15.0. The number of halogens is 1. The van der Waals surface area contributed by atoms with Crippen LogP contribution in [-0.4, -0.2) is 38.2 Å². The minimum Gasteiger partial charge on any atom is -0.383 e. The lowest BCUT2D eigenvalue weighted by molar-refractivity contribution is 0.0612. The van der Waals surface area contributed by atoms with Crippen molar-refractivity contribution in [3.8, 4) is 22.3 Å². The SMILES string of the molecule is Cn1cc(-c2ccc(NC(=O)c3cn(CC4CCOCC4)cc(-c4ccc(Br)cc4)c3=O)cc2)c2c(N)ncnc21. The molecule has 3 aromatic heterocycles. The van der Waals surface area contributed by atoms with Gasteiger partial charge in [0.25, 0.3) is 5.91 Å². The average molecular weight is 614 g/mol. The molecule has 0 unspecified atom stereocenters. The zero-order chi connectivity index (χ0) is 28.5. The molecule has 4 heterocycles. The number of anilines is 2. The Hall–Kier alpha value is -4.28. The number of nitrogens with two attached hydrogens (primary N) is 1. The number of nitrogens with zero attached hydrogens (tertiary/aromatic N) is 4. The Bertz CT molecular complexity index is 1790. The van der Waals surface area contributed by atoms with E-state index in [4.69, 9.17) is 10.5 Å². The Morgan fingerprint density at radius 3 is 2.41 bits per heavy atom. The first-order valence-electron chi connectivity index (χ1n) is 13.4. The van der Waals surface area contributed by atoms with E-state index >= 15 is 0 Å². The molecule has 0 atom stereocenters. The van der Waals surface area contributed by atoms with E-state index in [1.54, 1.807) is 6.20 Å². The van der Waals surface area contributed by atoms with Crippen molar-refractivity contribution in [1.29, 1.82) is 0 Å². The van der Waals surface area contributed by atoms with Crippen LogP contribution in [0.3, 0.4) is 0 Å². The van der Waals surface area contributed by atoms with Crippen LogP contribution in [0.25, 0.3) is 33.3 Å². The monoisotopic (exact) mass is 612 g/mol. The Labute approximate surface area is 245 Å². The molecule has 208 valence electrons. The minimum absolute atomic E-state index is 0.0977. The lowest BCUT2D eigenvalue weighted by Gasteiger charge is -2.23. The summed E-state index contributed by atoms with van der Waals surface area (Å²) < 4.78 is 10.3. The molecule has 9 nitrogen and oxygen atoms in total. The van der Waals surface area contributed by atoms with Crippen LogP contribution in [0.4, 0.5) is 11.5 Å². The van der Waals surface area contributed by atoms with Crippen LogP contribution in [-0.2, 0) is 18.3 Å². The van der Waals surface area contributed by atoms with Gasteiger partial charge in [0.15, 0.2) is 0 Å². The number of hydrogen-bond donors (Lipinski definition) is 2. The van der Waals surface area contributed by atoms with Gasteiger partial charge in [-0.25, -0.2) is 9.97 Å². The van der Waals surface area contributed by atoms with Crippen molar-refractivity contribution < 1.29 is 9.53 Å². The van der Waals surface area contributed by atoms with Crippen molar-refractivity contribution in [2.24, 2.45) is 13.0 Å². The van der Waals surface area contributed by atoms with Gasteiger partial charge in [0.1, 0.15) is 23.4 Å². The zero-order valence-corrected chi connectivity index (χ0v) is 24.1. The van der Waals surface area contributed by atoms with E-state index in [-0.39, 0.29) is 11.0 Å². The maximum Gasteiger partial charge on any atom is 0.261 e. The number of carbonyl (C=O) groups is 1. The molecule has 1 amide bonds. The predicted octanol–water partition coefficient (Wildman–Crippen LogP) is 5.49. The zero-order valence-electron chi connectivity index (χ0n) is 22.5. The number of ether oxygens (including phenoxy) is 1. The Balaban J connectivity index is 1.30. The summed E-state index contributed by atoms with van der Waals surface area (Å²) in [5.41, 5.74) is 10.3. The van der Waals surface area contributed by atoms with Crippen LogP contribution in [0.5, 0.6) is 0 Å². The third-order valence-electron chi connectivity index (χ3n) is 7.53. The summed E-state index contributed by atoms with van der Waals surface area (Å²) in [6.07, 6.45) is 8.82. The highest BCUT2D eigenvalue weighted by Gasteiger charge is 2.20. The van der Waals surface area contributed by atoms with Gasteiger partial charge in [0.05, 0.1) is 5.39 Å². The second-order valence-electron chi connectivity index (χ2n) is 10.3. The van der Waals surface area contributed by atoms with Gasteiger partial charge >= 0.3 is 0 Å². The molecule has 0 spiro atoms. The van der Waals surface area contributed by atoms with E-state index in [0.29, 0.717) is 29.5 Å². The van der Waals surface area contributed by atoms with Crippen LogP contribution in [0.2, 0.25) is 0 Å². The van der Waals surface area contributed by atoms with E-state index in [1.165, 1.54) is 6.33 Å². The molecule has 3 N–H and O–H groups in total. The third kappa shape index (κ3) is 5.53. The fraction of sp³-hybridized carbons (Fsp3) is 0.226. The van der Waals surface area contributed by atoms with Gasteiger partial charge in [-0.2, -0.15) is 0 Å². The molecule has 0 bridgehead atoms. The number of hydrogen-bond acceptors (Lipinski definition) is 6. The number of aromatic nitrogens is 4. The van der Waals surface area contributed by atoms with Crippen molar-refractivity contribution in [2.75, 3.05) is 24.3 Å². The number of benzene rings is 2. The lowest BCUT2D eigenvalue weighted by atomic mass is 9.99. The van der Waals surface area contributed by atoms with E-state index < -0.39 is 5.91 Å². The predicted molar refractivity (Wildman–Crippen MR) is 164 cm³/mol. The standard InChI is InChI=1S/C31H29BrN6O3/c1-37-15-24(27-29(33)34-18-35-30(27)37)20-4-8-23(9-5-20)36-31(40)26-17-38(14-19-10-12-41-13-11-19)16-25(28(26)39)21-2-6-22(32)7-3-21/h2-9,15-19H,10-14H2,1H3,(H,36,40)(H2,33,34,35). The van der Waals surface area contributed by atoms with Crippen molar-refractivity contribution in [2.45, 2.75) is 19.4 Å². The number of nitrogen functional groups attached to an aromatic ring is 1. The summed E-state index contributed by atoms with van der Waals surface area (Å²) in [5.74, 6) is 0.372. The fourth-order valence-electron chi connectivity index (χ4n) is 5.35. The maximum atomic E-state index is 13.6. The van der Waals surface area contributed by atoms with E-state index in [0.717, 1.165) is 58.3 Å². The molecule has 41 heavy (non-hydrogen) atoms. The van der Waals surface area contributed by atoms with Crippen LogP contribution in [0.15, 0.2) is 82.7 Å². The lowest BCUT2D eigenvalue weighted by Crippen LogP contribution is -2.26. The van der Waals surface area contributed by atoms with Crippen LogP contribution >= 0.6 is 15.9 Å². The highest BCUT2D eigenvalue weighted by atomic mass is 79.9. The molecule has 1 fully saturated rings. The van der Waals surface area contributed by atoms with Gasteiger partial charge in [-0.05, 0) is 54.2 Å². The molecule has 5 aromatic rings. The first-order valence-corrected chi connectivity index (χ1v) is 14.2. The molecule has 1 saturated heterocycles. The topological polar surface area (TPSA) is 117 Å². The quantitative estimate of drug-likeness (QED) is 0.262. The van der Waals surface area contributed by atoms with Crippen molar-refractivity contribution in [3.05, 3.63) is 93.7 Å². The molecule has 10 heteroatoms. The number of rotatable bonds is 6. The highest BCUT2D eigenvalue weighted by molar-refractivity contribution is 9.10. The van der Waals surface area contributed by atoms with Crippen molar-refractivity contribution in [1.82, 2.24) is 19.1 Å². The molecule has 1 aliphatic rings. The number of aryl methyl sites for hydroxylation is 1. The number of amides is 1. The van der Waals surface area contributed by atoms with E-state index in [2.05, 4.69) is 31.2 Å². The minimum atomic E-state index is -0.453. The Morgan fingerprint density at radius 1 is 1.00 bits per heavy atom. The smallest absolute Gasteiger partial charge is 0.261 e. The second-order valence-corrected chi connectivity index (χ2v) is 11.2. The summed E-state index contributed by atoms with van der Waals surface area (Å²) in [7, 11) is 1.91. The third-order valence-corrected chi connectivity index (χ3v) is 8.05. The summed E-state index contributed by atoms with van der Waals surface area (Å²) in [4.78, 5) is 35.6. The Kier molecular flexibility index (Phi) is 7.42. The molecule has 0 aliphatic carbocycles. The molecule has 6 rings (SSSR count). The highest BCUT2D eigenvalue weighted by Crippen LogP contribution is 2.32. The van der Waals surface area contributed by atoms with Gasteiger partial charge in [0, 0.05) is 66.7 Å². The van der Waals surface area contributed by atoms with Gasteiger partial charge < -0.3 is 24.9 Å². The molecule has 2 aromatic carbocycles. The van der Waals surface area contributed by atoms with Gasteiger partial charge in [-0.1, -0.05) is 40.2 Å². The maximum absolute atomic E-state index is 13.6. The average Bonchev–Trinajstić information content (AvgIpc) is 3.32. The number of pyridine rings is 1. The molecule has 0 saturated carbocycles. The number of nitrogens with one attached hydrogen (secondary N) is 1. The normalized spacial score (nSPS) is 13.9.